The van der Waals surface area contributed by atoms with Gasteiger partial charge in [-0.2, -0.15) is 8.42 Å². The predicted molar refractivity (Wildman–Crippen MR) is 63.8 cm³/mol. The largest absolute Gasteiger partial charge is 0.329 e. The first-order valence-corrected chi connectivity index (χ1v) is 6.54. The topological polar surface area (TPSA) is 80.4 Å². The Labute approximate surface area is 96.2 Å². The average molecular weight is 243 g/mol. The van der Waals surface area contributed by atoms with E-state index in [9.17, 15) is 8.42 Å². The van der Waals surface area contributed by atoms with Crippen molar-refractivity contribution in [2.24, 2.45) is 5.73 Å². The highest BCUT2D eigenvalue weighted by Gasteiger charge is 2.36. The minimum atomic E-state index is -4.11. The Bertz CT molecular complexity index is 430. The molecule has 0 saturated heterocycles. The molecule has 0 amide bonds. The zero-order valence-electron chi connectivity index (χ0n) is 9.26. The highest BCUT2D eigenvalue weighted by Crippen LogP contribution is 2.21. The Morgan fingerprint density at radius 3 is 2.31 bits per heavy atom. The molecular formula is C11H17NO3S. The van der Waals surface area contributed by atoms with Crippen LogP contribution in [0.5, 0.6) is 0 Å². The third-order valence-electron chi connectivity index (χ3n) is 2.84. The van der Waals surface area contributed by atoms with Crippen LogP contribution >= 0.6 is 0 Å². The van der Waals surface area contributed by atoms with Crippen LogP contribution in [0.4, 0.5) is 0 Å². The maximum absolute atomic E-state index is 11.2. The minimum absolute atomic E-state index is 0.0847. The molecule has 16 heavy (non-hydrogen) atoms. The lowest BCUT2D eigenvalue weighted by Gasteiger charge is -2.24. The number of nitrogens with two attached hydrogens (primary N) is 1. The van der Waals surface area contributed by atoms with Crippen LogP contribution < -0.4 is 5.73 Å². The van der Waals surface area contributed by atoms with Gasteiger partial charge >= 0.3 is 0 Å². The molecule has 0 fully saturated rings. The maximum Gasteiger partial charge on any atom is 0.271 e. The van der Waals surface area contributed by atoms with Gasteiger partial charge in [0.1, 0.15) is 4.75 Å². The van der Waals surface area contributed by atoms with Crippen LogP contribution in [0.2, 0.25) is 0 Å². The molecule has 1 aromatic rings. The second-order valence-electron chi connectivity index (χ2n) is 4.11. The molecule has 0 aliphatic carbocycles. The second-order valence-corrected chi connectivity index (χ2v) is 6.05. The number of benzene rings is 1. The van der Waals surface area contributed by atoms with E-state index >= 15 is 0 Å². The molecule has 0 spiro atoms. The Balaban J connectivity index is 2.74. The molecular weight excluding hydrogens is 226 g/mol. The first kappa shape index (κ1) is 13.2. The van der Waals surface area contributed by atoms with Crippen LogP contribution in [0.3, 0.4) is 0 Å². The van der Waals surface area contributed by atoms with Crippen LogP contribution in [-0.4, -0.2) is 24.3 Å². The third kappa shape index (κ3) is 3.04. The van der Waals surface area contributed by atoms with Crippen molar-refractivity contribution >= 4 is 10.1 Å². The predicted octanol–water partition coefficient (Wildman–Crippen LogP) is 1.22. The highest BCUT2D eigenvalue weighted by molar-refractivity contribution is 7.87. The average Bonchev–Trinajstić information content (AvgIpc) is 2.26. The summed E-state index contributed by atoms with van der Waals surface area (Å²) in [4.78, 5) is 0. The van der Waals surface area contributed by atoms with Gasteiger partial charge in [0.05, 0.1) is 0 Å². The molecule has 1 unspecified atom stereocenters. The summed E-state index contributed by atoms with van der Waals surface area (Å²) in [7, 11) is -4.11. The first-order valence-electron chi connectivity index (χ1n) is 5.10. The number of aryl methyl sites for hydroxylation is 1. The van der Waals surface area contributed by atoms with Gasteiger partial charge in [0.15, 0.2) is 0 Å². The molecule has 1 atom stereocenters. The van der Waals surface area contributed by atoms with Crippen LogP contribution in [0.25, 0.3) is 0 Å². The summed E-state index contributed by atoms with van der Waals surface area (Å²) in [6, 6.07) is 9.52. The van der Waals surface area contributed by atoms with Gasteiger partial charge in [-0.1, -0.05) is 30.3 Å². The number of rotatable bonds is 5. The summed E-state index contributed by atoms with van der Waals surface area (Å²) < 4.78 is 30.2. The van der Waals surface area contributed by atoms with E-state index in [0.29, 0.717) is 12.8 Å². The van der Waals surface area contributed by atoms with E-state index in [1.165, 1.54) is 6.92 Å². The molecule has 90 valence electrons. The van der Waals surface area contributed by atoms with Gasteiger partial charge < -0.3 is 5.73 Å². The standard InChI is InChI=1S/C11H17NO3S/c1-11(9-12,16(13,14)15)8-7-10-5-3-2-4-6-10/h2-6H,7-9,12H2,1H3,(H,13,14,15). The third-order valence-corrected chi connectivity index (χ3v) is 4.46. The van der Waals surface area contributed by atoms with E-state index in [-0.39, 0.29) is 6.54 Å². The van der Waals surface area contributed by atoms with E-state index < -0.39 is 14.9 Å². The van der Waals surface area contributed by atoms with Crippen molar-refractivity contribution in [3.63, 3.8) is 0 Å². The van der Waals surface area contributed by atoms with Gasteiger partial charge in [0, 0.05) is 6.54 Å². The number of hydrogen-bond donors (Lipinski definition) is 2. The van der Waals surface area contributed by atoms with Crippen LogP contribution in [0.1, 0.15) is 18.9 Å². The van der Waals surface area contributed by atoms with Crippen LogP contribution in [0.15, 0.2) is 30.3 Å². The summed E-state index contributed by atoms with van der Waals surface area (Å²) in [6.07, 6.45) is 0.890. The monoisotopic (exact) mass is 243 g/mol. The van der Waals surface area contributed by atoms with Gasteiger partial charge in [-0.05, 0) is 25.3 Å². The second kappa shape index (κ2) is 4.95. The molecule has 0 saturated carbocycles. The maximum atomic E-state index is 11.2. The molecule has 0 aliphatic heterocycles. The van der Waals surface area contributed by atoms with Crippen molar-refractivity contribution in [2.45, 2.75) is 24.5 Å². The summed E-state index contributed by atoms with van der Waals surface area (Å²) in [5.74, 6) is 0. The van der Waals surface area contributed by atoms with Crippen molar-refractivity contribution in [2.75, 3.05) is 6.54 Å². The molecule has 0 bridgehead atoms. The van der Waals surface area contributed by atoms with E-state index in [0.717, 1.165) is 5.56 Å². The minimum Gasteiger partial charge on any atom is -0.329 e. The molecule has 0 aromatic heterocycles. The lowest BCUT2D eigenvalue weighted by Crippen LogP contribution is -2.42. The normalized spacial score (nSPS) is 15.7. The summed E-state index contributed by atoms with van der Waals surface area (Å²) in [5, 5.41) is 0. The molecule has 4 nitrogen and oxygen atoms in total. The van der Waals surface area contributed by atoms with Crippen molar-refractivity contribution in [1.29, 1.82) is 0 Å². The Morgan fingerprint density at radius 1 is 1.31 bits per heavy atom. The number of hydrogen-bond acceptors (Lipinski definition) is 3. The molecule has 1 aromatic carbocycles. The van der Waals surface area contributed by atoms with Crippen molar-refractivity contribution < 1.29 is 13.0 Å². The fourth-order valence-electron chi connectivity index (χ4n) is 1.39. The van der Waals surface area contributed by atoms with Crippen LogP contribution in [-0.2, 0) is 16.5 Å². The van der Waals surface area contributed by atoms with Gasteiger partial charge in [-0.3, -0.25) is 4.55 Å². The molecule has 0 aliphatic rings. The van der Waals surface area contributed by atoms with Gasteiger partial charge in [-0.25, -0.2) is 0 Å². The zero-order chi connectivity index (χ0) is 12.2. The lowest BCUT2D eigenvalue weighted by molar-refractivity contribution is 0.422. The quantitative estimate of drug-likeness (QED) is 0.762. The summed E-state index contributed by atoms with van der Waals surface area (Å²) in [5.41, 5.74) is 6.45. The van der Waals surface area contributed by atoms with E-state index in [1.807, 2.05) is 30.3 Å². The fraction of sp³-hybridized carbons (Fsp3) is 0.455. The molecule has 3 N–H and O–H groups in total. The van der Waals surface area contributed by atoms with Crippen molar-refractivity contribution in [3.8, 4) is 0 Å². The van der Waals surface area contributed by atoms with Gasteiger partial charge in [-0.15, -0.1) is 0 Å². The smallest absolute Gasteiger partial charge is 0.271 e. The van der Waals surface area contributed by atoms with Crippen LogP contribution in [0, 0.1) is 0 Å². The molecule has 5 heteroatoms. The Hall–Kier alpha value is -0.910. The molecule has 1 rings (SSSR count). The van der Waals surface area contributed by atoms with Gasteiger partial charge in [0.2, 0.25) is 0 Å². The fourth-order valence-corrected chi connectivity index (χ4v) is 1.96. The van der Waals surface area contributed by atoms with Crippen molar-refractivity contribution in [1.82, 2.24) is 0 Å². The van der Waals surface area contributed by atoms with Crippen molar-refractivity contribution in [3.05, 3.63) is 35.9 Å². The Kier molecular flexibility index (Phi) is 4.07. The van der Waals surface area contributed by atoms with Gasteiger partial charge in [0.25, 0.3) is 10.1 Å². The molecule has 0 radical (unpaired) electrons. The lowest BCUT2D eigenvalue weighted by atomic mass is 10.0. The zero-order valence-corrected chi connectivity index (χ0v) is 10.1. The summed E-state index contributed by atoms with van der Waals surface area (Å²) in [6.45, 7) is 1.38. The highest BCUT2D eigenvalue weighted by atomic mass is 32.2. The SMILES string of the molecule is CC(CN)(CCc1ccccc1)S(=O)(=O)O. The summed E-state index contributed by atoms with van der Waals surface area (Å²) >= 11 is 0. The van der Waals surface area contributed by atoms with E-state index in [2.05, 4.69) is 0 Å². The Morgan fingerprint density at radius 2 is 1.88 bits per heavy atom. The van der Waals surface area contributed by atoms with E-state index in [4.69, 9.17) is 10.3 Å². The van der Waals surface area contributed by atoms with E-state index in [1.54, 1.807) is 0 Å². The first-order chi connectivity index (χ1) is 7.39. The molecule has 0 heterocycles.